The summed E-state index contributed by atoms with van der Waals surface area (Å²) in [4.78, 5) is 13.7. The van der Waals surface area contributed by atoms with Gasteiger partial charge in [0.25, 0.3) is 0 Å². The SMILES string of the molecule is C1CCCCC1.CN.Cc1[nH]ncc1C=O.NC1CC(C(F)(F)F)=NC2=C1C=C(Cl)CC2. The topological polar surface area (TPSA) is 110 Å². The highest BCUT2D eigenvalue weighted by atomic mass is 35.5. The largest absolute Gasteiger partial charge is 0.429 e. The molecule has 180 valence electrons. The number of aldehydes is 1. The lowest BCUT2D eigenvalue weighted by atomic mass is 9.91. The van der Waals surface area contributed by atoms with Crippen LogP contribution in [0.2, 0.25) is 0 Å². The second-order valence-electron chi connectivity index (χ2n) is 7.55. The van der Waals surface area contributed by atoms with Crippen molar-refractivity contribution in [2.75, 3.05) is 7.05 Å². The van der Waals surface area contributed by atoms with Crippen molar-refractivity contribution in [3.8, 4) is 0 Å². The van der Waals surface area contributed by atoms with Crippen LogP contribution in [0.1, 0.15) is 73.8 Å². The van der Waals surface area contributed by atoms with Gasteiger partial charge in [-0.1, -0.05) is 50.1 Å². The average molecular weight is 476 g/mol. The molecular formula is C22H33ClF3N5O. The summed E-state index contributed by atoms with van der Waals surface area (Å²) in [6.45, 7) is 1.80. The van der Waals surface area contributed by atoms with Gasteiger partial charge in [-0.25, -0.2) is 0 Å². The number of rotatable bonds is 1. The summed E-state index contributed by atoms with van der Waals surface area (Å²) in [7, 11) is 1.50. The molecule has 1 aromatic heterocycles. The molecule has 32 heavy (non-hydrogen) atoms. The number of aromatic amines is 1. The molecule has 4 rings (SSSR count). The van der Waals surface area contributed by atoms with Crippen molar-refractivity contribution in [3.63, 3.8) is 0 Å². The van der Waals surface area contributed by atoms with Gasteiger partial charge >= 0.3 is 6.18 Å². The first kappa shape index (κ1) is 28.1. The van der Waals surface area contributed by atoms with Crippen LogP contribution >= 0.6 is 11.6 Å². The van der Waals surface area contributed by atoms with Crippen molar-refractivity contribution in [2.45, 2.75) is 76.9 Å². The number of aromatic nitrogens is 2. The fourth-order valence-electron chi connectivity index (χ4n) is 3.39. The van der Waals surface area contributed by atoms with Crippen LogP contribution in [0, 0.1) is 6.92 Å². The van der Waals surface area contributed by atoms with E-state index >= 15 is 0 Å². The van der Waals surface area contributed by atoms with Gasteiger partial charge in [-0.3, -0.25) is 14.9 Å². The van der Waals surface area contributed by atoms with Gasteiger partial charge in [0.15, 0.2) is 6.29 Å². The lowest BCUT2D eigenvalue weighted by molar-refractivity contribution is -0.0609. The summed E-state index contributed by atoms with van der Waals surface area (Å²) >= 11 is 5.83. The van der Waals surface area contributed by atoms with E-state index in [-0.39, 0.29) is 6.42 Å². The second kappa shape index (κ2) is 14.2. The van der Waals surface area contributed by atoms with Crippen LogP contribution in [0.25, 0.3) is 0 Å². The molecule has 1 atom stereocenters. The number of nitrogens with two attached hydrogens (primary N) is 2. The Morgan fingerprint density at radius 1 is 1.12 bits per heavy atom. The number of hydrogen-bond donors (Lipinski definition) is 3. The normalized spacial score (nSPS) is 20.1. The molecule has 6 nitrogen and oxygen atoms in total. The van der Waals surface area contributed by atoms with Crippen LogP contribution in [-0.2, 0) is 0 Å². The minimum absolute atomic E-state index is 0.275. The lowest BCUT2D eigenvalue weighted by Gasteiger charge is -2.26. The van der Waals surface area contributed by atoms with Crippen molar-refractivity contribution < 1.29 is 18.0 Å². The zero-order valence-electron chi connectivity index (χ0n) is 18.6. The van der Waals surface area contributed by atoms with Crippen LogP contribution in [0.5, 0.6) is 0 Å². The van der Waals surface area contributed by atoms with Crippen LogP contribution in [-0.4, -0.2) is 41.5 Å². The van der Waals surface area contributed by atoms with E-state index in [1.807, 2.05) is 0 Å². The number of nitrogens with zero attached hydrogens (tertiary/aromatic N) is 2. The first-order valence-corrected chi connectivity index (χ1v) is 11.1. The van der Waals surface area contributed by atoms with Crippen LogP contribution in [0.4, 0.5) is 13.2 Å². The van der Waals surface area contributed by atoms with Gasteiger partial charge in [-0.15, -0.1) is 0 Å². The number of alkyl halides is 3. The van der Waals surface area contributed by atoms with Crippen LogP contribution in [0.15, 0.2) is 33.6 Å². The smallest absolute Gasteiger partial charge is 0.333 e. The fourth-order valence-corrected chi connectivity index (χ4v) is 3.61. The van der Waals surface area contributed by atoms with Gasteiger partial charge in [-0.05, 0) is 38.5 Å². The molecule has 1 fully saturated rings. The molecule has 0 saturated heterocycles. The highest BCUT2D eigenvalue weighted by Gasteiger charge is 2.39. The van der Waals surface area contributed by atoms with E-state index < -0.39 is 17.9 Å². The Hall–Kier alpha value is -1.97. The third-order valence-electron chi connectivity index (χ3n) is 5.15. The molecule has 1 aromatic rings. The Morgan fingerprint density at radius 3 is 2.09 bits per heavy atom. The van der Waals surface area contributed by atoms with Crippen molar-refractivity contribution in [3.05, 3.63) is 39.8 Å². The van der Waals surface area contributed by atoms with Gasteiger partial charge in [0.05, 0.1) is 11.8 Å². The number of nitrogens with one attached hydrogen (secondary N) is 1. The summed E-state index contributed by atoms with van der Waals surface area (Å²) in [5, 5.41) is 6.90. The average Bonchev–Trinajstić information content (AvgIpc) is 3.22. The lowest BCUT2D eigenvalue weighted by Crippen LogP contribution is -2.36. The quantitative estimate of drug-likeness (QED) is 0.476. The summed E-state index contributed by atoms with van der Waals surface area (Å²) in [5.74, 6) is 0. The zero-order chi connectivity index (χ0) is 24.1. The van der Waals surface area contributed by atoms with E-state index in [0.717, 1.165) is 12.0 Å². The standard InChI is InChI=1S/C10H10ClF3N2.C6H12.C5H6N2O.CH5N/c11-5-1-2-8-6(3-5)7(15)4-9(16-8)10(12,13)14;1-2-4-6-5-3-1;1-4-5(3-8)2-6-7-4;1-2/h3,7H,1-2,4,15H2;1-6H2;2-3H,1H3,(H,6,7);2H2,1H3. The molecule has 0 bridgehead atoms. The molecule has 2 aliphatic carbocycles. The Kier molecular flexibility index (Phi) is 12.5. The maximum atomic E-state index is 12.5. The highest BCUT2D eigenvalue weighted by molar-refractivity contribution is 6.29. The Balaban J connectivity index is 0.000000266. The van der Waals surface area contributed by atoms with Crippen LogP contribution in [0.3, 0.4) is 0 Å². The third-order valence-corrected chi connectivity index (χ3v) is 5.45. The monoisotopic (exact) mass is 475 g/mol. The third kappa shape index (κ3) is 9.26. The van der Waals surface area contributed by atoms with Crippen LogP contribution < -0.4 is 11.5 Å². The zero-order valence-corrected chi connectivity index (χ0v) is 19.4. The van der Waals surface area contributed by atoms with E-state index in [9.17, 15) is 18.0 Å². The minimum Gasteiger partial charge on any atom is -0.333 e. The van der Waals surface area contributed by atoms with E-state index in [0.29, 0.717) is 34.7 Å². The van der Waals surface area contributed by atoms with E-state index in [1.54, 1.807) is 13.0 Å². The van der Waals surface area contributed by atoms with Gasteiger partial charge in [0.1, 0.15) is 5.71 Å². The molecule has 3 aliphatic rings. The molecule has 0 amide bonds. The van der Waals surface area contributed by atoms with Gasteiger partial charge in [-0.2, -0.15) is 18.3 Å². The maximum Gasteiger partial charge on any atom is 0.429 e. The number of aryl methyl sites for hydroxylation is 1. The maximum absolute atomic E-state index is 12.5. The Morgan fingerprint density at radius 2 is 1.69 bits per heavy atom. The summed E-state index contributed by atoms with van der Waals surface area (Å²) in [5.41, 5.74) is 11.9. The molecule has 1 saturated carbocycles. The van der Waals surface area contributed by atoms with E-state index in [2.05, 4.69) is 20.9 Å². The molecule has 10 heteroatoms. The van der Waals surface area contributed by atoms with Crippen molar-refractivity contribution >= 4 is 23.6 Å². The summed E-state index contributed by atoms with van der Waals surface area (Å²) in [6.07, 6.45) is 9.21. The molecule has 1 unspecified atom stereocenters. The van der Waals surface area contributed by atoms with Gasteiger partial charge in [0.2, 0.25) is 0 Å². The molecule has 0 spiro atoms. The number of carbonyl (C=O) groups is 1. The Bertz CT molecular complexity index is 799. The summed E-state index contributed by atoms with van der Waals surface area (Å²) < 4.78 is 37.5. The first-order valence-electron chi connectivity index (χ1n) is 10.7. The molecule has 1 aliphatic heterocycles. The molecule has 5 N–H and O–H groups in total. The second-order valence-corrected chi connectivity index (χ2v) is 8.04. The van der Waals surface area contributed by atoms with Crippen molar-refractivity contribution in [1.29, 1.82) is 0 Å². The molecule has 0 aromatic carbocycles. The first-order chi connectivity index (χ1) is 15.2. The number of H-pyrrole nitrogens is 1. The number of allylic oxidation sites excluding steroid dienone is 2. The predicted molar refractivity (Wildman–Crippen MR) is 123 cm³/mol. The van der Waals surface area contributed by atoms with E-state index in [4.69, 9.17) is 17.3 Å². The molecule has 0 radical (unpaired) electrons. The minimum atomic E-state index is -4.39. The number of carbonyl (C=O) groups excluding carboxylic acids is 1. The fraction of sp³-hybridized carbons (Fsp3) is 0.591. The van der Waals surface area contributed by atoms with Gasteiger partial charge in [0, 0.05) is 28.9 Å². The van der Waals surface area contributed by atoms with Gasteiger partial charge < -0.3 is 11.5 Å². The highest BCUT2D eigenvalue weighted by Crippen LogP contribution is 2.35. The molecule has 2 heterocycles. The molecular weight excluding hydrogens is 443 g/mol. The summed E-state index contributed by atoms with van der Waals surface area (Å²) in [6, 6.07) is -0.654. The number of halogens is 4. The van der Waals surface area contributed by atoms with Crippen molar-refractivity contribution in [2.24, 2.45) is 16.5 Å². The predicted octanol–water partition coefficient (Wildman–Crippen LogP) is 5.34. The van der Waals surface area contributed by atoms with Crippen molar-refractivity contribution in [1.82, 2.24) is 10.2 Å². The number of hydrogen-bond acceptors (Lipinski definition) is 5. The Labute approximate surface area is 192 Å². The van der Waals surface area contributed by atoms with E-state index in [1.165, 1.54) is 51.8 Å². The number of aliphatic imine (C=N–C) groups is 1.